The summed E-state index contributed by atoms with van der Waals surface area (Å²) in [4.78, 5) is 17.0. The van der Waals surface area contributed by atoms with E-state index in [1.54, 1.807) is 0 Å². The molecule has 1 atom stereocenters. The molecular formula is C27H31ClN5O. The number of rotatable bonds is 5. The van der Waals surface area contributed by atoms with Gasteiger partial charge in [-0.3, -0.25) is 0 Å². The van der Waals surface area contributed by atoms with Crippen molar-refractivity contribution >= 4 is 33.9 Å². The second-order valence-corrected chi connectivity index (χ2v) is 10.1. The number of nitrogens with zero attached hydrogens (tertiary/aromatic N) is 5. The number of fused-ring (bicyclic) bond motifs is 2. The zero-order valence-corrected chi connectivity index (χ0v) is 20.5. The Kier molecular flexibility index (Phi) is 5.95. The van der Waals surface area contributed by atoms with E-state index >= 15 is 0 Å². The van der Waals surface area contributed by atoms with E-state index in [9.17, 15) is 0 Å². The van der Waals surface area contributed by atoms with Crippen LogP contribution in [-0.2, 0) is 13.0 Å². The predicted octanol–water partition coefficient (Wildman–Crippen LogP) is 4.73. The Morgan fingerprint density at radius 1 is 1.06 bits per heavy atom. The minimum Gasteiger partial charge on any atom is -0.462 e. The van der Waals surface area contributed by atoms with Gasteiger partial charge in [-0.2, -0.15) is 9.97 Å². The Balaban J connectivity index is 1.33. The van der Waals surface area contributed by atoms with Gasteiger partial charge in [-0.15, -0.1) is 0 Å². The summed E-state index contributed by atoms with van der Waals surface area (Å²) in [5.41, 5.74) is 3.50. The van der Waals surface area contributed by atoms with Crippen molar-refractivity contribution in [1.29, 1.82) is 0 Å². The molecule has 2 fully saturated rings. The topological polar surface area (TPSA) is 44.7 Å². The average molecular weight is 477 g/mol. The minimum absolute atomic E-state index is 0.442. The molecule has 6 rings (SSSR count). The van der Waals surface area contributed by atoms with Crippen LogP contribution in [0.1, 0.15) is 30.5 Å². The maximum Gasteiger partial charge on any atom is 0.318 e. The first-order valence-corrected chi connectivity index (χ1v) is 12.8. The predicted molar refractivity (Wildman–Crippen MR) is 138 cm³/mol. The Morgan fingerprint density at radius 2 is 1.94 bits per heavy atom. The first-order chi connectivity index (χ1) is 16.7. The van der Waals surface area contributed by atoms with Gasteiger partial charge in [0.05, 0.1) is 17.3 Å². The molecule has 7 heteroatoms. The molecule has 3 aromatic rings. The van der Waals surface area contributed by atoms with Crippen molar-refractivity contribution in [1.82, 2.24) is 14.9 Å². The second kappa shape index (κ2) is 9.23. The normalized spacial score (nSPS) is 20.8. The molecule has 0 bridgehead atoms. The highest BCUT2D eigenvalue weighted by Gasteiger charge is 2.28. The largest absolute Gasteiger partial charge is 0.462 e. The molecule has 4 heterocycles. The summed E-state index contributed by atoms with van der Waals surface area (Å²) in [6, 6.07) is 13.5. The summed E-state index contributed by atoms with van der Waals surface area (Å²) in [7, 11) is 2.17. The van der Waals surface area contributed by atoms with Crippen molar-refractivity contribution < 1.29 is 4.74 Å². The fraction of sp³-hybridized carbons (Fsp3) is 0.444. The Labute approximate surface area is 206 Å². The number of ether oxygens (including phenoxy) is 1. The number of hydrogen-bond donors (Lipinski definition) is 0. The summed E-state index contributed by atoms with van der Waals surface area (Å²) >= 11 is 6.65. The van der Waals surface area contributed by atoms with Crippen LogP contribution in [0.25, 0.3) is 10.8 Å². The first-order valence-electron chi connectivity index (χ1n) is 12.4. The van der Waals surface area contributed by atoms with Gasteiger partial charge in [0.1, 0.15) is 12.4 Å². The number of likely N-dealkylation sites (N-methyl/N-ethyl adjacent to an activating group) is 1. The van der Waals surface area contributed by atoms with Crippen molar-refractivity contribution in [3.63, 3.8) is 0 Å². The molecule has 0 amide bonds. The molecule has 0 spiro atoms. The van der Waals surface area contributed by atoms with Crippen LogP contribution in [0, 0.1) is 6.42 Å². The molecular weight excluding hydrogens is 446 g/mol. The van der Waals surface area contributed by atoms with Crippen molar-refractivity contribution in [3.8, 4) is 6.01 Å². The molecule has 34 heavy (non-hydrogen) atoms. The molecule has 1 aromatic heterocycles. The molecule has 0 aliphatic carbocycles. The fourth-order valence-electron chi connectivity index (χ4n) is 5.60. The molecule has 177 valence electrons. The molecule has 2 aromatic carbocycles. The summed E-state index contributed by atoms with van der Waals surface area (Å²) < 4.78 is 6.22. The van der Waals surface area contributed by atoms with Gasteiger partial charge < -0.3 is 19.4 Å². The molecule has 6 nitrogen and oxygen atoms in total. The van der Waals surface area contributed by atoms with Gasteiger partial charge >= 0.3 is 6.01 Å². The standard InChI is InChI=1S/C27H31ClN5O/c1-31-13-6-9-20(31)18-34-27-29-23-17-33(16-12-21(23)26(30-27)32-14-2-3-15-32)24-11-5-8-19-7-4-10-22(28)25(19)24/h2,4-5,7-8,10-11,20H,3,6,9,12-18H2,1H3/t20-/m0/s1. The third-order valence-electron chi connectivity index (χ3n) is 7.52. The van der Waals surface area contributed by atoms with Crippen LogP contribution >= 0.6 is 11.6 Å². The number of likely N-dealkylation sites (tertiary alicyclic amines) is 1. The van der Waals surface area contributed by atoms with Crippen molar-refractivity contribution in [2.24, 2.45) is 0 Å². The lowest BCUT2D eigenvalue weighted by molar-refractivity contribution is 0.187. The highest BCUT2D eigenvalue weighted by molar-refractivity contribution is 6.36. The molecule has 3 aliphatic heterocycles. The summed E-state index contributed by atoms with van der Waals surface area (Å²) in [5, 5.41) is 3.07. The molecule has 0 N–H and O–H groups in total. The minimum atomic E-state index is 0.442. The number of halogens is 1. The van der Waals surface area contributed by atoms with E-state index in [2.05, 4.69) is 52.4 Å². The van der Waals surface area contributed by atoms with E-state index in [0.717, 1.165) is 72.9 Å². The maximum atomic E-state index is 6.65. The molecule has 0 saturated carbocycles. The monoisotopic (exact) mass is 476 g/mol. The maximum absolute atomic E-state index is 6.65. The quantitative estimate of drug-likeness (QED) is 0.530. The Morgan fingerprint density at radius 3 is 2.74 bits per heavy atom. The van der Waals surface area contributed by atoms with E-state index in [1.807, 2.05) is 12.1 Å². The highest BCUT2D eigenvalue weighted by atomic mass is 35.5. The van der Waals surface area contributed by atoms with Crippen molar-refractivity contribution in [2.75, 3.05) is 49.6 Å². The van der Waals surface area contributed by atoms with Crippen molar-refractivity contribution in [2.45, 2.75) is 38.3 Å². The van der Waals surface area contributed by atoms with E-state index in [0.29, 0.717) is 18.7 Å². The number of benzene rings is 2. The van der Waals surface area contributed by atoms with Gasteiger partial charge in [0, 0.05) is 42.3 Å². The molecule has 0 unspecified atom stereocenters. The average Bonchev–Trinajstić information content (AvgIpc) is 3.54. The fourth-order valence-corrected chi connectivity index (χ4v) is 5.88. The molecule has 3 aliphatic rings. The van der Waals surface area contributed by atoms with Crippen LogP contribution in [0.15, 0.2) is 36.4 Å². The zero-order chi connectivity index (χ0) is 23.1. The summed E-state index contributed by atoms with van der Waals surface area (Å²) in [6.45, 7) is 5.37. The number of anilines is 2. The lowest BCUT2D eigenvalue weighted by Gasteiger charge is -2.33. The van der Waals surface area contributed by atoms with Crippen LogP contribution in [0.5, 0.6) is 6.01 Å². The lowest BCUT2D eigenvalue weighted by atomic mass is 10.0. The number of hydrogen-bond acceptors (Lipinski definition) is 6. The van der Waals surface area contributed by atoms with E-state index in [4.69, 9.17) is 26.3 Å². The van der Waals surface area contributed by atoms with Gasteiger partial charge in [0.15, 0.2) is 0 Å². The van der Waals surface area contributed by atoms with Gasteiger partial charge in [0.25, 0.3) is 0 Å². The Bertz CT molecular complexity index is 1190. The van der Waals surface area contributed by atoms with Crippen LogP contribution in [0.2, 0.25) is 5.02 Å². The van der Waals surface area contributed by atoms with E-state index in [1.165, 1.54) is 24.1 Å². The molecule has 2 saturated heterocycles. The lowest BCUT2D eigenvalue weighted by Crippen LogP contribution is -2.34. The Hall–Kier alpha value is -2.57. The SMILES string of the molecule is CN1CCC[C@H]1COc1nc2c(c(N3C[CH]CC3)n1)CCN(c1cccc3cccc(Cl)c13)C2. The molecule has 1 radical (unpaired) electrons. The van der Waals surface area contributed by atoms with Crippen LogP contribution in [0.3, 0.4) is 0 Å². The van der Waals surface area contributed by atoms with Crippen LogP contribution < -0.4 is 14.5 Å². The zero-order valence-electron chi connectivity index (χ0n) is 19.7. The van der Waals surface area contributed by atoms with E-state index in [-0.39, 0.29) is 0 Å². The van der Waals surface area contributed by atoms with Crippen LogP contribution in [0.4, 0.5) is 11.5 Å². The van der Waals surface area contributed by atoms with E-state index < -0.39 is 0 Å². The third kappa shape index (κ3) is 4.07. The summed E-state index contributed by atoms with van der Waals surface area (Å²) in [5.74, 6) is 1.06. The van der Waals surface area contributed by atoms with Gasteiger partial charge in [-0.25, -0.2) is 0 Å². The smallest absolute Gasteiger partial charge is 0.318 e. The van der Waals surface area contributed by atoms with Gasteiger partial charge in [-0.05, 0) is 63.2 Å². The summed E-state index contributed by atoms with van der Waals surface area (Å²) in [6.07, 6.45) is 6.74. The first kappa shape index (κ1) is 21.9. The van der Waals surface area contributed by atoms with Crippen molar-refractivity contribution in [3.05, 3.63) is 59.1 Å². The third-order valence-corrected chi connectivity index (χ3v) is 7.84. The van der Waals surface area contributed by atoms with Gasteiger partial charge in [-0.1, -0.05) is 35.9 Å². The number of aromatic nitrogens is 2. The van der Waals surface area contributed by atoms with Gasteiger partial charge in [0.2, 0.25) is 0 Å². The highest BCUT2D eigenvalue weighted by Crippen LogP contribution is 2.37. The van der Waals surface area contributed by atoms with Crippen LogP contribution in [-0.4, -0.2) is 60.7 Å². The second-order valence-electron chi connectivity index (χ2n) is 9.65.